The molecule has 2 fully saturated rings. The van der Waals surface area contributed by atoms with Gasteiger partial charge in [0.1, 0.15) is 17.0 Å². The smallest absolute Gasteiger partial charge is 0.338 e. The molecule has 0 radical (unpaired) electrons. The molecule has 10 nitrogen and oxygen atoms in total. The molecular formula is C36H61BrO10. The van der Waals surface area contributed by atoms with Gasteiger partial charge in [-0.1, -0.05) is 59.5 Å². The van der Waals surface area contributed by atoms with Crippen LogP contribution in [0.4, 0.5) is 0 Å². The lowest BCUT2D eigenvalue weighted by Gasteiger charge is -2.40. The molecule has 0 aliphatic carbocycles. The molecule has 47 heavy (non-hydrogen) atoms. The number of hydrogen-bond acceptors (Lipinski definition) is 10. The maximum absolute atomic E-state index is 11.5. The maximum Gasteiger partial charge on any atom is 0.338 e. The van der Waals surface area contributed by atoms with E-state index in [4.69, 9.17) is 38.3 Å². The third-order valence-electron chi connectivity index (χ3n) is 7.08. The number of alkyl halides is 1. The highest BCUT2D eigenvalue weighted by atomic mass is 79.9. The summed E-state index contributed by atoms with van der Waals surface area (Å²) < 4.78 is 36.4. The van der Waals surface area contributed by atoms with Crippen LogP contribution in [-0.2, 0) is 28.4 Å². The Balaban J connectivity index is -0.000000642. The van der Waals surface area contributed by atoms with Gasteiger partial charge in [-0.2, -0.15) is 0 Å². The highest BCUT2D eigenvalue weighted by Crippen LogP contribution is 2.32. The summed E-state index contributed by atoms with van der Waals surface area (Å²) in [6, 6.07) is 12.8. The monoisotopic (exact) mass is 732 g/mol. The fourth-order valence-corrected chi connectivity index (χ4v) is 4.06. The number of phenolic OH excluding ortho intramolecular Hbond substituents is 1. The molecule has 0 amide bonds. The Morgan fingerprint density at radius 1 is 0.702 bits per heavy atom. The number of ether oxygens (including phenoxy) is 7. The van der Waals surface area contributed by atoms with Gasteiger partial charge in [0.25, 0.3) is 0 Å². The molecule has 11 heteroatoms. The van der Waals surface area contributed by atoms with Crippen LogP contribution in [0.25, 0.3) is 0 Å². The molecule has 1 N–H and O–H groups in total. The van der Waals surface area contributed by atoms with Crippen LogP contribution in [0.5, 0.6) is 11.5 Å². The molecule has 2 aromatic carbocycles. The zero-order chi connectivity index (χ0) is 31.6. The molecule has 2 saturated heterocycles. The first-order valence-corrected chi connectivity index (χ1v) is 15.6. The van der Waals surface area contributed by atoms with E-state index < -0.39 is 0 Å². The van der Waals surface area contributed by atoms with Gasteiger partial charge in [-0.3, -0.25) is 0 Å². The second kappa shape index (κ2) is 26.3. The summed E-state index contributed by atoms with van der Waals surface area (Å²) in [4.78, 5) is 22.6. The van der Waals surface area contributed by atoms with E-state index in [9.17, 15) is 9.59 Å². The van der Waals surface area contributed by atoms with Crippen LogP contribution in [0.15, 0.2) is 48.5 Å². The van der Waals surface area contributed by atoms with Crippen molar-refractivity contribution in [3.05, 3.63) is 59.7 Å². The normalized spacial score (nSPS) is 14.3. The Kier molecular flexibility index (Phi) is 27.2. The van der Waals surface area contributed by atoms with E-state index in [2.05, 4.69) is 29.8 Å². The summed E-state index contributed by atoms with van der Waals surface area (Å²) in [5, 5.41) is 8.92. The van der Waals surface area contributed by atoms with E-state index in [1.54, 1.807) is 38.1 Å². The van der Waals surface area contributed by atoms with Crippen molar-refractivity contribution in [3.8, 4) is 11.5 Å². The van der Waals surface area contributed by atoms with Gasteiger partial charge >= 0.3 is 11.9 Å². The molecule has 2 aliphatic heterocycles. The summed E-state index contributed by atoms with van der Waals surface area (Å²) >= 11 is 3.22. The van der Waals surface area contributed by atoms with Crippen LogP contribution in [-0.4, -0.2) is 82.2 Å². The highest BCUT2D eigenvalue weighted by Gasteiger charge is 2.37. The van der Waals surface area contributed by atoms with E-state index in [0.717, 1.165) is 45.9 Å². The van der Waals surface area contributed by atoms with Crippen LogP contribution in [0.1, 0.15) is 91.0 Å². The lowest BCUT2D eigenvalue weighted by molar-refractivity contribution is -0.162. The first-order chi connectivity index (χ1) is 20.8. The van der Waals surface area contributed by atoms with Gasteiger partial charge in [0, 0.05) is 10.8 Å². The van der Waals surface area contributed by atoms with E-state index in [1.807, 2.05) is 0 Å². The van der Waals surface area contributed by atoms with Crippen LogP contribution in [0.3, 0.4) is 0 Å². The minimum absolute atomic E-state index is 0. The minimum atomic E-state index is -0.363. The Hall–Kier alpha value is -2.70. The molecule has 0 aromatic heterocycles. The number of carbonyl (C=O) groups excluding carboxylic acids is 2. The van der Waals surface area contributed by atoms with Gasteiger partial charge in [0.2, 0.25) is 0 Å². The number of aromatic hydroxyl groups is 1. The summed E-state index contributed by atoms with van der Waals surface area (Å²) in [5.74, 6) is 0.120. The average molecular weight is 734 g/mol. The minimum Gasteiger partial charge on any atom is -0.508 e. The Labute approximate surface area is 292 Å². The molecule has 0 bridgehead atoms. The predicted molar refractivity (Wildman–Crippen MR) is 192 cm³/mol. The third kappa shape index (κ3) is 16.8. The zero-order valence-corrected chi connectivity index (χ0v) is 27.2. The first-order valence-electron chi connectivity index (χ1n) is 14.5. The average Bonchev–Trinajstić information content (AvgIpc) is 2.98. The quantitative estimate of drug-likeness (QED) is 0.0876. The Morgan fingerprint density at radius 3 is 1.45 bits per heavy atom. The molecule has 0 unspecified atom stereocenters. The predicted octanol–water partition coefficient (Wildman–Crippen LogP) is 8.54. The Morgan fingerprint density at radius 2 is 1.11 bits per heavy atom. The van der Waals surface area contributed by atoms with E-state index >= 15 is 0 Å². The SMILES string of the molecule is C.C.C.C.CCC1(COCBr)COC1.CCOC(=O)c1ccc(O)cc1.CCOC(=O)c1ccc(OCOCC2(CC)COC2)cc1. The largest absolute Gasteiger partial charge is 0.508 e. The number of carbonyl (C=O) groups is 2. The molecule has 4 rings (SSSR count). The standard InChI is InChI=1S/C16H22O5.C9H10O3.C7H13BrO2.4CH4/c1-3-16(9-18-10-16)11-19-12-21-14-7-5-13(6-8-14)15(17)20-4-2;1-2-12-9(11)7-3-5-8(10)6-4-7;1-2-7(3-9-4-7)5-10-6-8;;;;/h5-8H,3-4,9-12H2,1-2H3;3-6,10H,2H2,1H3;2-6H2,1H3;4*1H4. The van der Waals surface area contributed by atoms with Crippen molar-refractivity contribution in [3.63, 3.8) is 0 Å². The highest BCUT2D eigenvalue weighted by molar-refractivity contribution is 9.09. The molecular weight excluding hydrogens is 672 g/mol. The van der Waals surface area contributed by atoms with Crippen molar-refractivity contribution in [2.45, 2.75) is 70.2 Å². The lowest BCUT2D eigenvalue weighted by Crippen LogP contribution is -2.45. The van der Waals surface area contributed by atoms with Gasteiger partial charge in [-0.15, -0.1) is 0 Å². The fourth-order valence-electron chi connectivity index (χ4n) is 3.90. The van der Waals surface area contributed by atoms with Crippen molar-refractivity contribution >= 4 is 27.9 Å². The second-order valence-electron chi connectivity index (χ2n) is 10.3. The summed E-state index contributed by atoms with van der Waals surface area (Å²) in [7, 11) is 0. The van der Waals surface area contributed by atoms with Crippen LogP contribution in [0, 0.1) is 10.8 Å². The number of phenols is 1. The van der Waals surface area contributed by atoms with Crippen LogP contribution >= 0.6 is 15.9 Å². The van der Waals surface area contributed by atoms with E-state index in [-0.39, 0.29) is 59.6 Å². The first kappa shape index (κ1) is 48.7. The fraction of sp³-hybridized carbons (Fsp3) is 0.611. The van der Waals surface area contributed by atoms with E-state index in [0.29, 0.717) is 47.6 Å². The number of hydrogen-bond donors (Lipinski definition) is 1. The molecule has 0 spiro atoms. The summed E-state index contributed by atoms with van der Waals surface area (Å²) in [6.07, 6.45) is 2.20. The van der Waals surface area contributed by atoms with Crippen molar-refractivity contribution in [2.24, 2.45) is 10.8 Å². The summed E-state index contributed by atoms with van der Waals surface area (Å²) in [5.41, 5.74) is 2.11. The molecule has 0 atom stereocenters. The van der Waals surface area contributed by atoms with Crippen LogP contribution in [0.2, 0.25) is 0 Å². The van der Waals surface area contributed by atoms with Gasteiger partial charge in [-0.05, 0) is 75.2 Å². The number of benzene rings is 2. The third-order valence-corrected chi connectivity index (χ3v) is 7.40. The molecule has 2 heterocycles. The van der Waals surface area contributed by atoms with Gasteiger partial charge in [-0.25, -0.2) is 9.59 Å². The lowest BCUT2D eigenvalue weighted by atomic mass is 9.84. The number of rotatable bonds is 14. The maximum atomic E-state index is 11.5. The molecule has 2 aromatic rings. The van der Waals surface area contributed by atoms with E-state index in [1.165, 1.54) is 24.3 Å². The molecule has 0 saturated carbocycles. The van der Waals surface area contributed by atoms with Gasteiger partial charge < -0.3 is 38.3 Å². The van der Waals surface area contributed by atoms with Crippen LogP contribution < -0.4 is 4.74 Å². The van der Waals surface area contributed by atoms with Crippen molar-refractivity contribution < 1.29 is 47.9 Å². The Bertz CT molecular complexity index is 1060. The van der Waals surface area contributed by atoms with Gasteiger partial charge in [0.05, 0.1) is 64.0 Å². The van der Waals surface area contributed by atoms with Crippen molar-refractivity contribution in [1.82, 2.24) is 0 Å². The number of halogens is 1. The second-order valence-corrected chi connectivity index (χ2v) is 10.7. The van der Waals surface area contributed by atoms with Gasteiger partial charge in [0.15, 0.2) is 6.79 Å². The molecule has 2 aliphatic rings. The van der Waals surface area contributed by atoms with Crippen molar-refractivity contribution in [2.75, 3.05) is 65.2 Å². The topological polar surface area (TPSA) is 119 Å². The van der Waals surface area contributed by atoms with Crippen molar-refractivity contribution in [1.29, 1.82) is 0 Å². The molecule has 272 valence electrons. The zero-order valence-electron chi connectivity index (χ0n) is 25.6. The number of esters is 2. The summed E-state index contributed by atoms with van der Waals surface area (Å²) in [6.45, 7) is 13.5.